The van der Waals surface area contributed by atoms with Gasteiger partial charge in [0.25, 0.3) is 0 Å². The lowest BCUT2D eigenvalue weighted by Crippen LogP contribution is -2.27. The Bertz CT molecular complexity index is 388. The Morgan fingerprint density at radius 3 is 2.44 bits per heavy atom. The fraction of sp³-hybridized carbons (Fsp3) is 0.364. The molecule has 1 rings (SSSR count). The second-order valence-corrected chi connectivity index (χ2v) is 3.57. The molecule has 1 aromatic carbocycles. The number of aliphatic hydroxyl groups is 3. The Morgan fingerprint density at radius 1 is 1.38 bits per heavy atom. The summed E-state index contributed by atoms with van der Waals surface area (Å²) in [5.74, 6) is -1.48. The van der Waals surface area contributed by atoms with Crippen molar-refractivity contribution in [1.82, 2.24) is 0 Å². The van der Waals surface area contributed by atoms with Crippen LogP contribution in [0, 0.1) is 6.92 Å². The molecule has 0 saturated carbocycles. The number of benzene rings is 1. The first-order valence-electron chi connectivity index (χ1n) is 4.76. The van der Waals surface area contributed by atoms with Gasteiger partial charge in [-0.15, -0.1) is 0 Å². The van der Waals surface area contributed by atoms with E-state index in [9.17, 15) is 9.90 Å². The molecule has 5 nitrogen and oxygen atoms in total. The highest BCUT2D eigenvalue weighted by atomic mass is 16.4. The maximum atomic E-state index is 10.5. The number of rotatable bonds is 4. The number of hydrogen-bond acceptors (Lipinski definition) is 4. The maximum Gasteiger partial charge on any atom is 0.335 e. The third-order valence-electron chi connectivity index (χ3n) is 2.43. The van der Waals surface area contributed by atoms with Crippen molar-refractivity contribution in [3.63, 3.8) is 0 Å². The highest BCUT2D eigenvalue weighted by molar-refractivity contribution is 5.73. The Hall–Kier alpha value is -1.43. The van der Waals surface area contributed by atoms with Crippen molar-refractivity contribution >= 4 is 5.97 Å². The van der Waals surface area contributed by atoms with Crippen LogP contribution in [0.4, 0.5) is 0 Å². The molecule has 0 radical (unpaired) electrons. The molecule has 2 unspecified atom stereocenters. The highest BCUT2D eigenvalue weighted by Gasteiger charge is 2.25. The summed E-state index contributed by atoms with van der Waals surface area (Å²) >= 11 is 0. The van der Waals surface area contributed by atoms with Crippen molar-refractivity contribution < 1.29 is 25.2 Å². The maximum absolute atomic E-state index is 10.5. The Balaban J connectivity index is 2.97. The predicted molar refractivity (Wildman–Crippen MR) is 55.7 cm³/mol. The summed E-state index contributed by atoms with van der Waals surface area (Å²) in [6.07, 6.45) is -3.32. The van der Waals surface area contributed by atoms with E-state index in [-0.39, 0.29) is 6.61 Å². The molecule has 0 saturated heterocycles. The van der Waals surface area contributed by atoms with E-state index in [2.05, 4.69) is 0 Å². The number of carbonyl (C=O) groups is 1. The molecule has 2 atom stereocenters. The van der Waals surface area contributed by atoms with Crippen molar-refractivity contribution in [2.24, 2.45) is 0 Å². The second kappa shape index (κ2) is 5.07. The Kier molecular flexibility index (Phi) is 4.00. The zero-order chi connectivity index (χ0) is 12.3. The van der Waals surface area contributed by atoms with E-state index < -0.39 is 18.2 Å². The van der Waals surface area contributed by atoms with E-state index >= 15 is 0 Å². The van der Waals surface area contributed by atoms with Gasteiger partial charge in [-0.25, -0.2) is 4.79 Å². The zero-order valence-electron chi connectivity index (χ0n) is 8.79. The fourth-order valence-corrected chi connectivity index (χ4v) is 1.40. The summed E-state index contributed by atoms with van der Waals surface area (Å²) < 4.78 is 0. The van der Waals surface area contributed by atoms with Crippen molar-refractivity contribution in [2.75, 3.05) is 0 Å². The van der Waals surface area contributed by atoms with Crippen LogP contribution in [0.15, 0.2) is 18.2 Å². The minimum Gasteiger partial charge on any atom is -0.479 e. The number of carboxylic acid groups (broad SMARTS) is 1. The van der Waals surface area contributed by atoms with E-state index in [1.165, 1.54) is 6.07 Å². The molecule has 0 aliphatic heterocycles. The Morgan fingerprint density at radius 2 is 2.00 bits per heavy atom. The standard InChI is InChI=1S/C11H14O5/c1-6-4-7(2-3-8(6)5-12)9(13)10(14)11(15)16/h2-4,9-10,12-14H,5H2,1H3,(H,15,16). The first-order valence-corrected chi connectivity index (χ1v) is 4.76. The second-order valence-electron chi connectivity index (χ2n) is 3.57. The summed E-state index contributed by atoms with van der Waals surface area (Å²) in [7, 11) is 0. The van der Waals surface area contributed by atoms with Gasteiger partial charge in [-0.05, 0) is 23.6 Å². The van der Waals surface area contributed by atoms with E-state index in [1.54, 1.807) is 19.1 Å². The van der Waals surface area contributed by atoms with Gasteiger partial charge in [-0.2, -0.15) is 0 Å². The molecule has 0 amide bonds. The molecule has 0 aromatic heterocycles. The summed E-state index contributed by atoms with van der Waals surface area (Å²) in [5, 5.41) is 36.2. The van der Waals surface area contributed by atoms with Crippen LogP contribution in [-0.2, 0) is 11.4 Å². The topological polar surface area (TPSA) is 98.0 Å². The van der Waals surface area contributed by atoms with Gasteiger partial charge >= 0.3 is 5.97 Å². The van der Waals surface area contributed by atoms with Crippen LogP contribution in [0.1, 0.15) is 22.8 Å². The normalized spacial score (nSPS) is 14.5. The zero-order valence-corrected chi connectivity index (χ0v) is 8.79. The van der Waals surface area contributed by atoms with Gasteiger partial charge < -0.3 is 20.4 Å². The monoisotopic (exact) mass is 226 g/mol. The molecule has 0 heterocycles. The average Bonchev–Trinajstić information content (AvgIpc) is 2.26. The lowest BCUT2D eigenvalue weighted by Gasteiger charge is -2.15. The third kappa shape index (κ3) is 2.57. The lowest BCUT2D eigenvalue weighted by molar-refractivity contribution is -0.153. The SMILES string of the molecule is Cc1cc(C(O)C(O)C(=O)O)ccc1CO. The molecule has 88 valence electrons. The largest absolute Gasteiger partial charge is 0.479 e. The quantitative estimate of drug-likeness (QED) is 0.577. The number of hydrogen-bond donors (Lipinski definition) is 4. The van der Waals surface area contributed by atoms with E-state index in [1.807, 2.05) is 0 Å². The molecule has 5 heteroatoms. The molecule has 0 aliphatic rings. The third-order valence-corrected chi connectivity index (χ3v) is 2.43. The van der Waals surface area contributed by atoms with Crippen LogP contribution in [0.2, 0.25) is 0 Å². The summed E-state index contributed by atoms with van der Waals surface area (Å²) in [5.41, 5.74) is 1.74. The van der Waals surface area contributed by atoms with Gasteiger partial charge in [0.05, 0.1) is 6.61 Å². The molecule has 0 aliphatic carbocycles. The number of aliphatic hydroxyl groups excluding tert-OH is 3. The molecule has 0 spiro atoms. The van der Waals surface area contributed by atoms with Crippen LogP contribution in [0.5, 0.6) is 0 Å². The van der Waals surface area contributed by atoms with Crippen molar-refractivity contribution in [3.05, 3.63) is 34.9 Å². The molecule has 4 N–H and O–H groups in total. The van der Waals surface area contributed by atoms with Crippen LogP contribution >= 0.6 is 0 Å². The highest BCUT2D eigenvalue weighted by Crippen LogP contribution is 2.20. The van der Waals surface area contributed by atoms with Gasteiger partial charge in [0.15, 0.2) is 6.10 Å². The first kappa shape index (κ1) is 12.6. The van der Waals surface area contributed by atoms with Gasteiger partial charge in [-0.3, -0.25) is 0 Å². The molecular formula is C11H14O5. The average molecular weight is 226 g/mol. The van der Waals surface area contributed by atoms with Crippen LogP contribution in [0.3, 0.4) is 0 Å². The van der Waals surface area contributed by atoms with E-state index in [4.69, 9.17) is 15.3 Å². The minimum absolute atomic E-state index is 0.121. The lowest BCUT2D eigenvalue weighted by atomic mass is 9.99. The number of aliphatic carboxylic acids is 1. The first-order chi connectivity index (χ1) is 7.47. The van der Waals surface area contributed by atoms with Crippen LogP contribution in [-0.4, -0.2) is 32.5 Å². The summed E-state index contributed by atoms with van der Waals surface area (Å²) in [4.78, 5) is 10.5. The Labute approximate surface area is 92.6 Å². The van der Waals surface area contributed by atoms with Gasteiger partial charge in [0.1, 0.15) is 6.10 Å². The van der Waals surface area contributed by atoms with Gasteiger partial charge in [-0.1, -0.05) is 18.2 Å². The van der Waals surface area contributed by atoms with Crippen molar-refractivity contribution in [3.8, 4) is 0 Å². The molecule has 16 heavy (non-hydrogen) atoms. The van der Waals surface area contributed by atoms with Crippen LogP contribution < -0.4 is 0 Å². The van der Waals surface area contributed by atoms with Gasteiger partial charge in [0, 0.05) is 0 Å². The van der Waals surface area contributed by atoms with Crippen molar-refractivity contribution in [2.45, 2.75) is 25.7 Å². The number of carboxylic acids is 1. The molecule has 0 fully saturated rings. The van der Waals surface area contributed by atoms with E-state index in [0.29, 0.717) is 11.1 Å². The fourth-order valence-electron chi connectivity index (χ4n) is 1.40. The van der Waals surface area contributed by atoms with Crippen LogP contribution in [0.25, 0.3) is 0 Å². The van der Waals surface area contributed by atoms with Gasteiger partial charge in [0.2, 0.25) is 0 Å². The summed E-state index contributed by atoms with van der Waals surface area (Å²) in [6, 6.07) is 4.61. The molecule has 0 bridgehead atoms. The summed E-state index contributed by atoms with van der Waals surface area (Å²) in [6.45, 7) is 1.61. The molecule has 1 aromatic rings. The molecular weight excluding hydrogens is 212 g/mol. The minimum atomic E-state index is -1.85. The smallest absolute Gasteiger partial charge is 0.335 e. The van der Waals surface area contributed by atoms with Crippen molar-refractivity contribution in [1.29, 1.82) is 0 Å². The van der Waals surface area contributed by atoms with E-state index in [0.717, 1.165) is 5.56 Å². The number of aryl methyl sites for hydroxylation is 1. The predicted octanol–water partition coefficient (Wildman–Crippen LogP) is -0.0338.